The van der Waals surface area contributed by atoms with Gasteiger partial charge in [0, 0.05) is 25.3 Å². The van der Waals surface area contributed by atoms with Crippen LogP contribution in [0.4, 0.5) is 10.5 Å². The van der Waals surface area contributed by atoms with E-state index in [9.17, 15) is 4.79 Å². The number of nitrogens with one attached hydrogen (secondary N) is 2. The van der Waals surface area contributed by atoms with Crippen molar-refractivity contribution in [2.45, 2.75) is 26.8 Å². The minimum absolute atomic E-state index is 0.174. The van der Waals surface area contributed by atoms with Crippen molar-refractivity contribution in [2.24, 2.45) is 5.73 Å². The van der Waals surface area contributed by atoms with Gasteiger partial charge in [-0.3, -0.25) is 0 Å². The Kier molecular flexibility index (Phi) is 7.69. The molecule has 0 saturated heterocycles. The van der Waals surface area contributed by atoms with Gasteiger partial charge in [-0.2, -0.15) is 0 Å². The summed E-state index contributed by atoms with van der Waals surface area (Å²) in [5, 5.41) is 5.69. The van der Waals surface area contributed by atoms with E-state index in [1.165, 1.54) is 0 Å². The minimum Gasteiger partial charge on any atom is -0.337 e. The van der Waals surface area contributed by atoms with Crippen molar-refractivity contribution in [3.05, 3.63) is 29.8 Å². The quantitative estimate of drug-likeness (QED) is 0.681. The Morgan fingerprint density at radius 3 is 2.75 bits per heavy atom. The predicted molar refractivity (Wildman–Crippen MR) is 83.8 cm³/mol. The normalized spacial score (nSPS) is 10.6. The molecule has 20 heavy (non-hydrogen) atoms. The zero-order chi connectivity index (χ0) is 14.8. The van der Waals surface area contributed by atoms with Crippen LogP contribution in [0.5, 0.6) is 0 Å². The van der Waals surface area contributed by atoms with Gasteiger partial charge < -0.3 is 21.3 Å². The van der Waals surface area contributed by atoms with E-state index in [0.717, 1.165) is 37.3 Å². The average Bonchev–Trinajstić information content (AvgIpc) is 2.46. The van der Waals surface area contributed by atoms with Crippen LogP contribution in [0.1, 0.15) is 25.8 Å². The third-order valence-electron chi connectivity index (χ3n) is 3.12. The van der Waals surface area contributed by atoms with Crippen LogP contribution in [0.3, 0.4) is 0 Å². The van der Waals surface area contributed by atoms with Gasteiger partial charge in [0.05, 0.1) is 0 Å². The molecule has 0 bridgehead atoms. The van der Waals surface area contributed by atoms with Crippen molar-refractivity contribution >= 4 is 11.7 Å². The van der Waals surface area contributed by atoms with Gasteiger partial charge in [0.2, 0.25) is 0 Å². The van der Waals surface area contributed by atoms with E-state index in [4.69, 9.17) is 5.73 Å². The number of carbonyl (C=O) groups is 1. The molecule has 0 fully saturated rings. The molecule has 0 unspecified atom stereocenters. The predicted octanol–water partition coefficient (Wildman–Crippen LogP) is 2.00. The fraction of sp³-hybridized carbons (Fsp3) is 0.533. The number of rotatable bonds is 8. The maximum atomic E-state index is 11.8. The molecule has 2 amide bonds. The number of hydrogen-bond donors (Lipinski definition) is 3. The molecule has 0 saturated carbocycles. The molecule has 1 rings (SSSR count). The van der Waals surface area contributed by atoms with E-state index in [0.29, 0.717) is 13.1 Å². The van der Waals surface area contributed by atoms with Crippen molar-refractivity contribution in [1.29, 1.82) is 0 Å². The lowest BCUT2D eigenvalue weighted by Gasteiger charge is -2.19. The summed E-state index contributed by atoms with van der Waals surface area (Å²) < 4.78 is 0. The van der Waals surface area contributed by atoms with Crippen LogP contribution in [-0.2, 0) is 6.54 Å². The first-order valence-electron chi connectivity index (χ1n) is 7.25. The third-order valence-corrected chi connectivity index (χ3v) is 3.12. The fourth-order valence-corrected chi connectivity index (χ4v) is 2.02. The Morgan fingerprint density at radius 1 is 1.30 bits per heavy atom. The minimum atomic E-state index is -0.174. The molecule has 0 aliphatic carbocycles. The topological polar surface area (TPSA) is 70.4 Å². The Hall–Kier alpha value is -1.59. The van der Waals surface area contributed by atoms with Gasteiger partial charge in [0.25, 0.3) is 0 Å². The third kappa shape index (κ3) is 6.04. The van der Waals surface area contributed by atoms with Gasteiger partial charge in [-0.25, -0.2) is 4.79 Å². The smallest absolute Gasteiger partial charge is 0.319 e. The molecule has 1 aromatic rings. The highest BCUT2D eigenvalue weighted by Gasteiger charge is 2.04. The van der Waals surface area contributed by atoms with Gasteiger partial charge in [0.15, 0.2) is 0 Å². The van der Waals surface area contributed by atoms with Gasteiger partial charge >= 0.3 is 6.03 Å². The SMILES string of the molecule is CCCN(CC)CCNC(=O)Nc1cccc(CN)c1. The molecule has 112 valence electrons. The van der Waals surface area contributed by atoms with E-state index in [-0.39, 0.29) is 6.03 Å². The first kappa shape index (κ1) is 16.5. The van der Waals surface area contributed by atoms with Crippen LogP contribution in [0.2, 0.25) is 0 Å². The summed E-state index contributed by atoms with van der Waals surface area (Å²) >= 11 is 0. The second-order valence-electron chi connectivity index (χ2n) is 4.72. The van der Waals surface area contributed by atoms with E-state index < -0.39 is 0 Å². The Bertz CT molecular complexity index is 409. The highest BCUT2D eigenvalue weighted by molar-refractivity contribution is 5.89. The lowest BCUT2D eigenvalue weighted by atomic mass is 10.2. The van der Waals surface area contributed by atoms with Crippen molar-refractivity contribution in [1.82, 2.24) is 10.2 Å². The van der Waals surface area contributed by atoms with Crippen molar-refractivity contribution in [2.75, 3.05) is 31.5 Å². The van der Waals surface area contributed by atoms with Gasteiger partial charge in [0.1, 0.15) is 0 Å². The van der Waals surface area contributed by atoms with Crippen LogP contribution in [0.25, 0.3) is 0 Å². The molecule has 0 aliphatic heterocycles. The van der Waals surface area contributed by atoms with E-state index in [2.05, 4.69) is 29.4 Å². The number of benzene rings is 1. The van der Waals surface area contributed by atoms with Gasteiger partial charge in [-0.05, 0) is 37.2 Å². The molecule has 5 heteroatoms. The zero-order valence-electron chi connectivity index (χ0n) is 12.5. The number of urea groups is 1. The summed E-state index contributed by atoms with van der Waals surface area (Å²) in [7, 11) is 0. The van der Waals surface area contributed by atoms with Crippen molar-refractivity contribution in [3.63, 3.8) is 0 Å². The molecule has 0 aliphatic rings. The molecular weight excluding hydrogens is 252 g/mol. The second-order valence-corrected chi connectivity index (χ2v) is 4.72. The summed E-state index contributed by atoms with van der Waals surface area (Å²) in [5.41, 5.74) is 7.35. The monoisotopic (exact) mass is 278 g/mol. The largest absolute Gasteiger partial charge is 0.337 e. The molecule has 4 N–H and O–H groups in total. The van der Waals surface area contributed by atoms with Crippen molar-refractivity contribution in [3.8, 4) is 0 Å². The molecule has 0 atom stereocenters. The van der Waals surface area contributed by atoms with Crippen LogP contribution >= 0.6 is 0 Å². The van der Waals surface area contributed by atoms with Gasteiger partial charge in [-0.15, -0.1) is 0 Å². The first-order valence-corrected chi connectivity index (χ1v) is 7.25. The van der Waals surface area contributed by atoms with Crippen LogP contribution in [-0.4, -0.2) is 37.1 Å². The summed E-state index contributed by atoms with van der Waals surface area (Å²) in [6, 6.07) is 7.39. The lowest BCUT2D eigenvalue weighted by molar-refractivity contribution is 0.246. The average molecular weight is 278 g/mol. The molecule has 1 aromatic carbocycles. The number of nitrogens with zero attached hydrogens (tertiary/aromatic N) is 1. The molecule has 5 nitrogen and oxygen atoms in total. The maximum Gasteiger partial charge on any atom is 0.319 e. The molecule has 0 radical (unpaired) electrons. The van der Waals surface area contributed by atoms with E-state index >= 15 is 0 Å². The van der Waals surface area contributed by atoms with E-state index in [1.54, 1.807) is 0 Å². The molecule has 0 spiro atoms. The highest BCUT2D eigenvalue weighted by Crippen LogP contribution is 2.09. The number of likely N-dealkylation sites (N-methyl/N-ethyl adjacent to an activating group) is 1. The summed E-state index contributed by atoms with van der Waals surface area (Å²) in [5.74, 6) is 0. The summed E-state index contributed by atoms with van der Waals surface area (Å²) in [6.07, 6.45) is 1.13. The number of hydrogen-bond acceptors (Lipinski definition) is 3. The standard InChI is InChI=1S/C15H26N4O/c1-3-9-19(4-2)10-8-17-15(20)18-14-7-5-6-13(11-14)12-16/h5-7,11H,3-4,8-10,12,16H2,1-2H3,(H2,17,18,20). The molecular formula is C15H26N4O. The lowest BCUT2D eigenvalue weighted by Crippen LogP contribution is -2.37. The number of amides is 2. The van der Waals surface area contributed by atoms with Gasteiger partial charge in [-0.1, -0.05) is 26.0 Å². The summed E-state index contributed by atoms with van der Waals surface area (Å²) in [4.78, 5) is 14.1. The van der Waals surface area contributed by atoms with E-state index in [1.807, 2.05) is 24.3 Å². The highest BCUT2D eigenvalue weighted by atomic mass is 16.2. The maximum absolute atomic E-state index is 11.8. The zero-order valence-corrected chi connectivity index (χ0v) is 12.5. The number of nitrogens with two attached hydrogens (primary N) is 1. The molecule has 0 heterocycles. The molecule has 0 aromatic heterocycles. The Balaban J connectivity index is 2.32. The first-order chi connectivity index (χ1) is 9.69. The summed E-state index contributed by atoms with van der Waals surface area (Å²) in [6.45, 7) is 8.37. The number of carbonyl (C=O) groups excluding carboxylic acids is 1. The van der Waals surface area contributed by atoms with Crippen LogP contribution in [0.15, 0.2) is 24.3 Å². The van der Waals surface area contributed by atoms with Crippen LogP contribution < -0.4 is 16.4 Å². The second kappa shape index (κ2) is 9.34. The Morgan fingerprint density at radius 2 is 2.10 bits per heavy atom. The van der Waals surface area contributed by atoms with Crippen LogP contribution in [0, 0.1) is 0 Å². The van der Waals surface area contributed by atoms with Crippen molar-refractivity contribution < 1.29 is 4.79 Å². The fourth-order valence-electron chi connectivity index (χ4n) is 2.02. The Labute approximate surface area is 121 Å². The number of anilines is 1.